The Labute approximate surface area is 129 Å². The maximum absolute atomic E-state index is 12.6. The normalized spacial score (nSPS) is 22.6. The smallest absolute Gasteiger partial charge is 0.376 e. The highest BCUT2D eigenvalue weighted by atomic mass is 79.9. The van der Waals surface area contributed by atoms with Crippen LogP contribution in [0, 0.1) is 0 Å². The number of anilines is 1. The van der Waals surface area contributed by atoms with Gasteiger partial charge < -0.3 is 14.4 Å². The van der Waals surface area contributed by atoms with E-state index in [0.29, 0.717) is 30.1 Å². The van der Waals surface area contributed by atoms with Crippen molar-refractivity contribution in [3.05, 3.63) is 22.3 Å². The molecule has 21 heavy (non-hydrogen) atoms. The molecule has 0 saturated carbocycles. The van der Waals surface area contributed by atoms with E-state index in [1.807, 2.05) is 6.92 Å². The first kappa shape index (κ1) is 16.5. The fraction of sp³-hybridized carbons (Fsp3) is 0.615. The van der Waals surface area contributed by atoms with Crippen LogP contribution in [0.1, 0.15) is 12.5 Å². The van der Waals surface area contributed by atoms with Crippen molar-refractivity contribution in [1.82, 2.24) is 4.98 Å². The van der Waals surface area contributed by atoms with E-state index in [2.05, 4.69) is 20.9 Å². The third kappa shape index (κ3) is 3.67. The molecule has 0 amide bonds. The van der Waals surface area contributed by atoms with Crippen molar-refractivity contribution in [2.24, 2.45) is 0 Å². The fourth-order valence-corrected chi connectivity index (χ4v) is 2.89. The third-order valence-electron chi connectivity index (χ3n) is 3.36. The van der Waals surface area contributed by atoms with Crippen LogP contribution in [-0.4, -0.2) is 44.0 Å². The second-order valence-corrected chi connectivity index (χ2v) is 5.59. The molecule has 1 saturated heterocycles. The van der Waals surface area contributed by atoms with Gasteiger partial charge in [0, 0.05) is 19.9 Å². The Kier molecular flexibility index (Phi) is 5.11. The van der Waals surface area contributed by atoms with Gasteiger partial charge >= 0.3 is 6.18 Å². The van der Waals surface area contributed by atoms with Gasteiger partial charge in [0.15, 0.2) is 0 Å². The Hall–Kier alpha value is -0.860. The molecular weight excluding hydrogens is 353 g/mol. The van der Waals surface area contributed by atoms with Crippen LogP contribution in [0.15, 0.2) is 16.7 Å². The summed E-state index contributed by atoms with van der Waals surface area (Å²) in [6.45, 7) is 3.37. The van der Waals surface area contributed by atoms with E-state index in [0.717, 1.165) is 12.3 Å². The minimum absolute atomic E-state index is 0.0783. The van der Waals surface area contributed by atoms with Gasteiger partial charge in [0.1, 0.15) is 11.9 Å². The molecule has 2 heterocycles. The number of nitrogens with zero attached hydrogens (tertiary/aromatic N) is 2. The molecule has 118 valence electrons. The summed E-state index contributed by atoms with van der Waals surface area (Å²) in [6.07, 6.45) is -3.69. The van der Waals surface area contributed by atoms with Gasteiger partial charge in [-0.15, -0.1) is 0 Å². The van der Waals surface area contributed by atoms with Gasteiger partial charge in [-0.2, -0.15) is 13.2 Å². The van der Waals surface area contributed by atoms with Crippen LogP contribution in [-0.2, 0) is 15.7 Å². The van der Waals surface area contributed by atoms with E-state index < -0.39 is 11.7 Å². The summed E-state index contributed by atoms with van der Waals surface area (Å²) in [5.41, 5.74) is -0.782. The highest BCUT2D eigenvalue weighted by molar-refractivity contribution is 9.10. The first-order chi connectivity index (χ1) is 9.84. The van der Waals surface area contributed by atoms with Gasteiger partial charge in [0.25, 0.3) is 0 Å². The van der Waals surface area contributed by atoms with Crippen LogP contribution in [0.2, 0.25) is 0 Å². The molecule has 0 N–H and O–H groups in total. The molecule has 2 atom stereocenters. The molecule has 1 aromatic heterocycles. The summed E-state index contributed by atoms with van der Waals surface area (Å²) >= 11 is 3.16. The minimum Gasteiger partial charge on any atom is -0.376 e. The summed E-state index contributed by atoms with van der Waals surface area (Å²) in [4.78, 5) is 5.72. The van der Waals surface area contributed by atoms with Crippen molar-refractivity contribution in [2.45, 2.75) is 25.2 Å². The molecule has 2 rings (SSSR count). The van der Waals surface area contributed by atoms with Crippen molar-refractivity contribution >= 4 is 21.7 Å². The second kappa shape index (κ2) is 6.50. The van der Waals surface area contributed by atoms with Crippen molar-refractivity contribution in [2.75, 3.05) is 31.8 Å². The average Bonchev–Trinajstić information content (AvgIpc) is 2.85. The SMILES string of the molecule is CCO[C@H]1COCC1N(C)c1ncc(C(F)(F)F)cc1Br. The van der Waals surface area contributed by atoms with Gasteiger partial charge in [-0.1, -0.05) is 0 Å². The number of halogens is 4. The standard InChI is InChI=1S/C13H16BrF3N2O2/c1-3-21-11-7-20-6-10(11)19(2)12-9(14)4-8(5-18-12)13(15,16)17/h4-5,10-11H,3,6-7H2,1-2H3/t10?,11-/m0/s1. The van der Waals surface area contributed by atoms with E-state index in [-0.39, 0.29) is 12.1 Å². The summed E-state index contributed by atoms with van der Waals surface area (Å²) in [6, 6.07) is 0.954. The largest absolute Gasteiger partial charge is 0.417 e. The Balaban J connectivity index is 2.21. The lowest BCUT2D eigenvalue weighted by Gasteiger charge is -2.29. The number of pyridine rings is 1. The van der Waals surface area contributed by atoms with E-state index in [4.69, 9.17) is 9.47 Å². The number of aromatic nitrogens is 1. The van der Waals surface area contributed by atoms with Crippen LogP contribution in [0.4, 0.5) is 19.0 Å². The van der Waals surface area contributed by atoms with Crippen molar-refractivity contribution in [3.63, 3.8) is 0 Å². The highest BCUT2D eigenvalue weighted by Gasteiger charge is 2.35. The Bertz CT molecular complexity index is 499. The Morgan fingerprint density at radius 2 is 2.19 bits per heavy atom. The van der Waals surface area contributed by atoms with Crippen LogP contribution in [0.3, 0.4) is 0 Å². The highest BCUT2D eigenvalue weighted by Crippen LogP contribution is 2.34. The first-order valence-corrected chi connectivity index (χ1v) is 7.28. The second-order valence-electron chi connectivity index (χ2n) is 4.74. The molecule has 1 unspecified atom stereocenters. The van der Waals surface area contributed by atoms with E-state index in [1.165, 1.54) is 0 Å². The molecule has 1 aliphatic heterocycles. The van der Waals surface area contributed by atoms with E-state index >= 15 is 0 Å². The summed E-state index contributed by atoms with van der Waals surface area (Å²) < 4.78 is 49.2. The summed E-state index contributed by atoms with van der Waals surface area (Å²) in [5.74, 6) is 0.434. The first-order valence-electron chi connectivity index (χ1n) is 6.49. The number of likely N-dealkylation sites (N-methyl/N-ethyl adjacent to an activating group) is 1. The van der Waals surface area contributed by atoms with Crippen molar-refractivity contribution in [1.29, 1.82) is 0 Å². The molecule has 1 aliphatic rings. The lowest BCUT2D eigenvalue weighted by molar-refractivity contribution is -0.137. The van der Waals surface area contributed by atoms with Crippen LogP contribution in [0.5, 0.6) is 0 Å². The monoisotopic (exact) mass is 368 g/mol. The molecule has 8 heteroatoms. The molecule has 1 aromatic rings. The number of ether oxygens (including phenoxy) is 2. The average molecular weight is 369 g/mol. The van der Waals surface area contributed by atoms with E-state index in [1.54, 1.807) is 11.9 Å². The van der Waals surface area contributed by atoms with Crippen molar-refractivity contribution < 1.29 is 22.6 Å². The maximum Gasteiger partial charge on any atom is 0.417 e. The number of hydrogen-bond acceptors (Lipinski definition) is 4. The lowest BCUT2D eigenvalue weighted by atomic mass is 10.2. The molecule has 0 bridgehead atoms. The van der Waals surface area contributed by atoms with Crippen molar-refractivity contribution in [3.8, 4) is 0 Å². The summed E-state index contributed by atoms with van der Waals surface area (Å²) in [7, 11) is 1.77. The quantitative estimate of drug-likeness (QED) is 0.817. The molecule has 0 aromatic carbocycles. The molecule has 0 radical (unpaired) electrons. The van der Waals surface area contributed by atoms with E-state index in [9.17, 15) is 13.2 Å². The molecule has 4 nitrogen and oxygen atoms in total. The molecule has 0 aliphatic carbocycles. The number of hydrogen-bond donors (Lipinski definition) is 0. The van der Waals surface area contributed by atoms with Gasteiger partial charge in [-0.05, 0) is 28.9 Å². The summed E-state index contributed by atoms with van der Waals surface area (Å²) in [5, 5.41) is 0. The van der Waals surface area contributed by atoms with Gasteiger partial charge in [-0.25, -0.2) is 4.98 Å². The Morgan fingerprint density at radius 3 is 2.76 bits per heavy atom. The Morgan fingerprint density at radius 1 is 1.48 bits per heavy atom. The van der Waals surface area contributed by atoms with Gasteiger partial charge in [-0.3, -0.25) is 0 Å². The van der Waals surface area contributed by atoms with Crippen LogP contribution >= 0.6 is 15.9 Å². The predicted octanol–water partition coefficient (Wildman–Crippen LogP) is 3.10. The third-order valence-corrected chi connectivity index (χ3v) is 3.94. The van der Waals surface area contributed by atoms with Crippen LogP contribution in [0.25, 0.3) is 0 Å². The zero-order valence-electron chi connectivity index (χ0n) is 11.7. The number of alkyl halides is 3. The number of rotatable bonds is 4. The zero-order valence-corrected chi connectivity index (χ0v) is 13.2. The lowest BCUT2D eigenvalue weighted by Crippen LogP contribution is -2.42. The fourth-order valence-electron chi connectivity index (χ4n) is 2.26. The molecule has 1 fully saturated rings. The maximum atomic E-state index is 12.6. The topological polar surface area (TPSA) is 34.6 Å². The van der Waals surface area contributed by atoms with Gasteiger partial charge in [0.05, 0.1) is 29.3 Å². The predicted molar refractivity (Wildman–Crippen MR) is 75.4 cm³/mol. The van der Waals surface area contributed by atoms with Gasteiger partial charge in [0.2, 0.25) is 0 Å². The van der Waals surface area contributed by atoms with Crippen LogP contribution < -0.4 is 4.90 Å². The minimum atomic E-state index is -4.41. The molecule has 0 spiro atoms. The zero-order chi connectivity index (χ0) is 15.6. The molecular formula is C13H16BrF3N2O2.